The van der Waals surface area contributed by atoms with Crippen LogP contribution < -0.4 is 10.6 Å². The molecule has 0 heterocycles. The summed E-state index contributed by atoms with van der Waals surface area (Å²) in [6, 6.07) is 5.27. The maximum atomic E-state index is 12.7. The third-order valence-electron chi connectivity index (χ3n) is 3.26. The van der Waals surface area contributed by atoms with Crippen molar-refractivity contribution in [2.45, 2.75) is 32.0 Å². The molecule has 0 spiro atoms. The van der Waals surface area contributed by atoms with Gasteiger partial charge in [-0.15, -0.1) is 24.0 Å². The molecule has 0 aliphatic heterocycles. The van der Waals surface area contributed by atoms with E-state index in [9.17, 15) is 13.2 Å². The van der Waals surface area contributed by atoms with E-state index in [-0.39, 0.29) is 30.5 Å². The highest BCUT2D eigenvalue weighted by atomic mass is 127. The fourth-order valence-corrected chi connectivity index (χ4v) is 2.02. The zero-order chi connectivity index (χ0) is 17.1. The van der Waals surface area contributed by atoms with E-state index in [1.807, 2.05) is 0 Å². The van der Waals surface area contributed by atoms with Crippen molar-refractivity contribution in [1.29, 1.82) is 0 Å². The monoisotopic (exact) mass is 459 g/mol. The molecular formula is C16H25F3IN3O. The highest BCUT2D eigenvalue weighted by Gasteiger charge is 2.30. The van der Waals surface area contributed by atoms with Crippen LogP contribution >= 0.6 is 24.0 Å². The summed E-state index contributed by atoms with van der Waals surface area (Å²) in [6.45, 7) is 1.79. The van der Waals surface area contributed by atoms with Crippen LogP contribution in [0.4, 0.5) is 13.2 Å². The second-order valence-corrected chi connectivity index (χ2v) is 5.10. The van der Waals surface area contributed by atoms with Crippen molar-refractivity contribution >= 4 is 29.9 Å². The van der Waals surface area contributed by atoms with Crippen molar-refractivity contribution in [1.82, 2.24) is 10.6 Å². The van der Waals surface area contributed by atoms with Crippen LogP contribution in [0.3, 0.4) is 0 Å². The summed E-state index contributed by atoms with van der Waals surface area (Å²) in [6.07, 6.45) is -1.29. The Hall–Kier alpha value is -1.03. The quantitative estimate of drug-likeness (QED) is 0.269. The predicted molar refractivity (Wildman–Crippen MR) is 101 cm³/mol. The van der Waals surface area contributed by atoms with Crippen LogP contribution in [-0.2, 0) is 17.5 Å². The van der Waals surface area contributed by atoms with Crippen LogP contribution in [0.1, 0.15) is 30.4 Å². The van der Waals surface area contributed by atoms with E-state index in [1.165, 1.54) is 6.07 Å². The Morgan fingerprint density at radius 3 is 2.54 bits per heavy atom. The van der Waals surface area contributed by atoms with Gasteiger partial charge in [0.1, 0.15) is 0 Å². The molecule has 0 bridgehead atoms. The van der Waals surface area contributed by atoms with E-state index in [0.29, 0.717) is 11.5 Å². The first-order valence-corrected chi connectivity index (χ1v) is 7.57. The third kappa shape index (κ3) is 9.31. The molecule has 0 fully saturated rings. The van der Waals surface area contributed by atoms with Gasteiger partial charge in [0, 0.05) is 33.9 Å². The van der Waals surface area contributed by atoms with Gasteiger partial charge in [0.15, 0.2) is 5.96 Å². The molecule has 0 atom stereocenters. The standard InChI is InChI=1S/C16H24F3N3O.HI/c1-20-15(21-9-4-3-5-10-23-2)22-12-13-7-6-8-14(11-13)16(17,18)19;/h6-8,11H,3-5,9-10,12H2,1-2H3,(H2,20,21,22);1H. The van der Waals surface area contributed by atoms with Crippen molar-refractivity contribution in [3.05, 3.63) is 35.4 Å². The fourth-order valence-electron chi connectivity index (χ4n) is 2.02. The van der Waals surface area contributed by atoms with Crippen molar-refractivity contribution in [2.24, 2.45) is 4.99 Å². The number of halogens is 4. The van der Waals surface area contributed by atoms with Gasteiger partial charge < -0.3 is 15.4 Å². The highest BCUT2D eigenvalue weighted by Crippen LogP contribution is 2.29. The number of guanidine groups is 1. The number of nitrogens with one attached hydrogen (secondary N) is 2. The molecule has 8 heteroatoms. The summed E-state index contributed by atoms with van der Waals surface area (Å²) in [5.41, 5.74) is -0.0826. The minimum Gasteiger partial charge on any atom is -0.385 e. The second-order valence-electron chi connectivity index (χ2n) is 5.10. The number of hydrogen-bond donors (Lipinski definition) is 2. The molecule has 0 aliphatic rings. The number of rotatable bonds is 8. The molecule has 1 aromatic carbocycles. The van der Waals surface area contributed by atoms with Crippen molar-refractivity contribution < 1.29 is 17.9 Å². The lowest BCUT2D eigenvalue weighted by Gasteiger charge is -2.13. The number of hydrogen-bond acceptors (Lipinski definition) is 2. The molecule has 24 heavy (non-hydrogen) atoms. The van der Waals surface area contributed by atoms with E-state index < -0.39 is 11.7 Å². The third-order valence-corrected chi connectivity index (χ3v) is 3.26. The highest BCUT2D eigenvalue weighted by molar-refractivity contribution is 14.0. The van der Waals surface area contributed by atoms with E-state index >= 15 is 0 Å². The Labute approximate surface area is 158 Å². The zero-order valence-electron chi connectivity index (χ0n) is 13.9. The van der Waals surface area contributed by atoms with E-state index in [0.717, 1.165) is 44.5 Å². The minimum atomic E-state index is -4.32. The van der Waals surface area contributed by atoms with Gasteiger partial charge in [-0.1, -0.05) is 12.1 Å². The Kier molecular flexibility index (Phi) is 11.8. The van der Waals surface area contributed by atoms with Crippen molar-refractivity contribution in [3.63, 3.8) is 0 Å². The Morgan fingerprint density at radius 2 is 1.92 bits per heavy atom. The molecule has 0 aromatic heterocycles. The molecular weight excluding hydrogens is 434 g/mol. The maximum Gasteiger partial charge on any atom is 0.416 e. The largest absolute Gasteiger partial charge is 0.416 e. The number of nitrogens with zero attached hydrogens (tertiary/aromatic N) is 1. The van der Waals surface area contributed by atoms with Gasteiger partial charge in [-0.2, -0.15) is 13.2 Å². The number of aliphatic imine (C=N–C) groups is 1. The van der Waals surface area contributed by atoms with Gasteiger partial charge in [0.25, 0.3) is 0 Å². The maximum absolute atomic E-state index is 12.7. The Balaban J connectivity index is 0.00000529. The number of methoxy groups -OCH3 is 1. The molecule has 4 nitrogen and oxygen atoms in total. The van der Waals surface area contributed by atoms with E-state index in [1.54, 1.807) is 20.2 Å². The average molecular weight is 459 g/mol. The van der Waals surface area contributed by atoms with Gasteiger partial charge in [0.05, 0.1) is 5.56 Å². The summed E-state index contributed by atoms with van der Waals surface area (Å²) in [4.78, 5) is 4.06. The number of ether oxygens (including phenoxy) is 1. The first-order valence-electron chi connectivity index (χ1n) is 7.57. The Bertz CT molecular complexity index is 496. The van der Waals surface area contributed by atoms with Gasteiger partial charge in [-0.05, 0) is 37.0 Å². The Morgan fingerprint density at radius 1 is 1.17 bits per heavy atom. The first-order chi connectivity index (χ1) is 11.0. The second kappa shape index (κ2) is 12.3. The van der Waals surface area contributed by atoms with Gasteiger partial charge in [0.2, 0.25) is 0 Å². The number of alkyl halides is 3. The molecule has 0 aliphatic carbocycles. The molecule has 2 N–H and O–H groups in total. The lowest BCUT2D eigenvalue weighted by molar-refractivity contribution is -0.137. The lowest BCUT2D eigenvalue weighted by Crippen LogP contribution is -2.37. The molecule has 0 saturated heterocycles. The minimum absolute atomic E-state index is 0. The predicted octanol–water partition coefficient (Wildman–Crippen LogP) is 3.81. The normalized spacial score (nSPS) is 11.8. The van der Waals surface area contributed by atoms with Gasteiger partial charge >= 0.3 is 6.18 Å². The molecule has 1 rings (SSSR count). The zero-order valence-corrected chi connectivity index (χ0v) is 16.3. The molecule has 138 valence electrons. The first kappa shape index (κ1) is 23.0. The summed E-state index contributed by atoms with van der Waals surface area (Å²) in [5, 5.41) is 6.15. The summed E-state index contributed by atoms with van der Waals surface area (Å²) in [7, 11) is 3.31. The SMILES string of the molecule is CN=C(NCCCCCOC)NCc1cccc(C(F)(F)F)c1.I. The molecule has 0 amide bonds. The van der Waals surface area contributed by atoms with Crippen LogP contribution in [0.25, 0.3) is 0 Å². The van der Waals surface area contributed by atoms with Crippen LogP contribution in [0.2, 0.25) is 0 Å². The van der Waals surface area contributed by atoms with Crippen LogP contribution in [0.15, 0.2) is 29.3 Å². The van der Waals surface area contributed by atoms with Crippen LogP contribution in [0, 0.1) is 0 Å². The topological polar surface area (TPSA) is 45.7 Å². The van der Waals surface area contributed by atoms with E-state index in [2.05, 4.69) is 15.6 Å². The number of benzene rings is 1. The summed E-state index contributed by atoms with van der Waals surface area (Å²) >= 11 is 0. The van der Waals surface area contributed by atoms with Crippen LogP contribution in [0.5, 0.6) is 0 Å². The van der Waals surface area contributed by atoms with E-state index in [4.69, 9.17) is 4.74 Å². The van der Waals surface area contributed by atoms with Gasteiger partial charge in [-0.25, -0.2) is 0 Å². The average Bonchev–Trinajstić information content (AvgIpc) is 2.53. The summed E-state index contributed by atoms with van der Waals surface area (Å²) in [5.74, 6) is 0.578. The fraction of sp³-hybridized carbons (Fsp3) is 0.562. The molecule has 0 saturated carbocycles. The molecule has 1 aromatic rings. The smallest absolute Gasteiger partial charge is 0.385 e. The van der Waals surface area contributed by atoms with Crippen molar-refractivity contribution in [3.8, 4) is 0 Å². The lowest BCUT2D eigenvalue weighted by atomic mass is 10.1. The van der Waals surface area contributed by atoms with Crippen LogP contribution in [-0.4, -0.2) is 33.3 Å². The van der Waals surface area contributed by atoms with Crippen molar-refractivity contribution in [2.75, 3.05) is 27.3 Å². The molecule has 0 radical (unpaired) electrons. The summed E-state index contributed by atoms with van der Waals surface area (Å²) < 4.78 is 43.0. The van der Waals surface area contributed by atoms with Gasteiger partial charge in [-0.3, -0.25) is 4.99 Å². The number of unbranched alkanes of at least 4 members (excludes halogenated alkanes) is 2. The molecule has 0 unspecified atom stereocenters.